The number of hydrogen-bond acceptors (Lipinski definition) is 2. The number of halogens is 1. The Morgan fingerprint density at radius 3 is 2.53 bits per heavy atom. The summed E-state index contributed by atoms with van der Waals surface area (Å²) < 4.78 is 1.15. The van der Waals surface area contributed by atoms with Gasteiger partial charge in [-0.3, -0.25) is 0 Å². The van der Waals surface area contributed by atoms with Gasteiger partial charge in [-0.15, -0.1) is 11.3 Å². The van der Waals surface area contributed by atoms with Crippen LogP contribution in [0.3, 0.4) is 0 Å². The normalized spacial score (nSPS) is 12.6. The lowest BCUT2D eigenvalue weighted by molar-refractivity contribution is 0.593. The van der Waals surface area contributed by atoms with Gasteiger partial charge >= 0.3 is 0 Å². The molecular weight excluding hydrogens is 318 g/mol. The van der Waals surface area contributed by atoms with Crippen molar-refractivity contribution in [3.8, 4) is 0 Å². The van der Waals surface area contributed by atoms with Gasteiger partial charge < -0.3 is 5.32 Å². The molecule has 0 aliphatic rings. The highest BCUT2D eigenvalue weighted by molar-refractivity contribution is 9.10. The Morgan fingerprint density at radius 1 is 1.21 bits per heavy atom. The van der Waals surface area contributed by atoms with Gasteiger partial charge in [-0.05, 0) is 55.8 Å². The minimum absolute atomic E-state index is 0.386. The van der Waals surface area contributed by atoms with E-state index in [4.69, 9.17) is 0 Å². The van der Waals surface area contributed by atoms with Crippen molar-refractivity contribution in [1.82, 2.24) is 5.32 Å². The fraction of sp³-hybridized carbons (Fsp3) is 0.375. The number of hydrogen-bond donors (Lipinski definition) is 1. The molecule has 0 aliphatic carbocycles. The van der Waals surface area contributed by atoms with Crippen LogP contribution < -0.4 is 5.32 Å². The van der Waals surface area contributed by atoms with Crippen LogP contribution in [-0.4, -0.2) is 7.05 Å². The van der Waals surface area contributed by atoms with Crippen LogP contribution in [0.1, 0.15) is 33.8 Å². The fourth-order valence-corrected chi connectivity index (χ4v) is 3.80. The summed E-state index contributed by atoms with van der Waals surface area (Å²) in [5.74, 6) is 0. The maximum Gasteiger partial charge on any atom is 0.0368 e. The summed E-state index contributed by atoms with van der Waals surface area (Å²) in [6, 6.07) is 11.4. The van der Waals surface area contributed by atoms with Gasteiger partial charge in [0.2, 0.25) is 0 Å². The summed E-state index contributed by atoms with van der Waals surface area (Å²) in [7, 11) is 2.04. The van der Waals surface area contributed by atoms with E-state index in [1.54, 1.807) is 0 Å². The topological polar surface area (TPSA) is 12.0 Å². The van der Waals surface area contributed by atoms with Crippen molar-refractivity contribution in [1.29, 1.82) is 0 Å². The van der Waals surface area contributed by atoms with Gasteiger partial charge in [-0.25, -0.2) is 0 Å². The Labute approximate surface area is 128 Å². The van der Waals surface area contributed by atoms with Crippen LogP contribution in [0.4, 0.5) is 0 Å². The highest BCUT2D eigenvalue weighted by Gasteiger charge is 2.13. The van der Waals surface area contributed by atoms with Crippen molar-refractivity contribution in [2.24, 2.45) is 0 Å². The molecule has 0 spiro atoms. The van der Waals surface area contributed by atoms with Gasteiger partial charge in [0.1, 0.15) is 0 Å². The third kappa shape index (κ3) is 3.68. The molecule has 0 aliphatic heterocycles. The van der Waals surface area contributed by atoms with E-state index in [2.05, 4.69) is 65.4 Å². The molecular formula is C16H20BrNS. The first-order valence-corrected chi connectivity index (χ1v) is 8.26. The van der Waals surface area contributed by atoms with Crippen LogP contribution in [0.25, 0.3) is 0 Å². The zero-order valence-corrected chi connectivity index (χ0v) is 14.1. The van der Waals surface area contributed by atoms with Crippen LogP contribution in [0, 0.1) is 6.92 Å². The van der Waals surface area contributed by atoms with Crippen molar-refractivity contribution >= 4 is 27.3 Å². The SMILES string of the molecule is CCc1ccc(CC(NC)c2ccc(Br)cc2C)s1. The summed E-state index contributed by atoms with van der Waals surface area (Å²) in [5.41, 5.74) is 2.72. The summed E-state index contributed by atoms with van der Waals surface area (Å²) in [4.78, 5) is 2.93. The molecule has 102 valence electrons. The standard InChI is InChI=1S/C16H20BrNS/c1-4-13-6-7-14(19-13)10-16(18-3)15-8-5-12(17)9-11(15)2/h5-9,16,18H,4,10H2,1-3H3. The summed E-state index contributed by atoms with van der Waals surface area (Å²) in [5, 5.41) is 3.45. The predicted molar refractivity (Wildman–Crippen MR) is 88.1 cm³/mol. The van der Waals surface area contributed by atoms with Gasteiger partial charge in [0, 0.05) is 26.7 Å². The zero-order valence-electron chi connectivity index (χ0n) is 11.7. The number of nitrogens with one attached hydrogen (secondary N) is 1. The van der Waals surface area contributed by atoms with Gasteiger partial charge in [0.05, 0.1) is 0 Å². The maximum atomic E-state index is 3.53. The molecule has 0 bridgehead atoms. The Kier molecular flexibility index (Phi) is 5.20. The Balaban J connectivity index is 2.19. The second-order valence-corrected chi connectivity index (χ2v) is 6.94. The smallest absolute Gasteiger partial charge is 0.0368 e. The third-order valence-electron chi connectivity index (χ3n) is 3.43. The molecule has 3 heteroatoms. The van der Waals surface area contributed by atoms with Crippen molar-refractivity contribution < 1.29 is 0 Å². The van der Waals surface area contributed by atoms with Crippen LogP contribution in [0.5, 0.6) is 0 Å². The van der Waals surface area contributed by atoms with E-state index in [1.165, 1.54) is 20.9 Å². The lowest BCUT2D eigenvalue weighted by Crippen LogP contribution is -2.19. The highest BCUT2D eigenvalue weighted by atomic mass is 79.9. The highest BCUT2D eigenvalue weighted by Crippen LogP contribution is 2.27. The largest absolute Gasteiger partial charge is 0.313 e. The van der Waals surface area contributed by atoms with Crippen LogP contribution in [0.2, 0.25) is 0 Å². The van der Waals surface area contributed by atoms with Crippen LogP contribution >= 0.6 is 27.3 Å². The molecule has 0 radical (unpaired) electrons. The van der Waals surface area contributed by atoms with E-state index in [1.807, 2.05) is 18.4 Å². The predicted octanol–water partition coefficient (Wildman–Crippen LogP) is 4.88. The van der Waals surface area contributed by atoms with Crippen molar-refractivity contribution in [2.45, 2.75) is 32.7 Å². The molecule has 0 amide bonds. The number of likely N-dealkylation sites (N-methyl/N-ethyl adjacent to an activating group) is 1. The van der Waals surface area contributed by atoms with Crippen LogP contribution in [-0.2, 0) is 12.8 Å². The van der Waals surface area contributed by atoms with Gasteiger partial charge in [-0.2, -0.15) is 0 Å². The average molecular weight is 338 g/mol. The molecule has 1 aromatic carbocycles. The first-order chi connectivity index (χ1) is 9.13. The molecule has 1 unspecified atom stereocenters. The van der Waals surface area contributed by atoms with Crippen molar-refractivity contribution in [2.75, 3.05) is 7.05 Å². The molecule has 2 rings (SSSR count). The number of benzene rings is 1. The van der Waals surface area contributed by atoms with E-state index in [-0.39, 0.29) is 0 Å². The fourth-order valence-electron chi connectivity index (χ4n) is 2.32. The number of thiophene rings is 1. The summed E-state index contributed by atoms with van der Waals surface area (Å²) >= 11 is 5.46. The molecule has 0 fully saturated rings. The number of aryl methyl sites for hydroxylation is 2. The summed E-state index contributed by atoms with van der Waals surface area (Å²) in [6.45, 7) is 4.39. The molecule has 0 saturated heterocycles. The molecule has 19 heavy (non-hydrogen) atoms. The first-order valence-electron chi connectivity index (χ1n) is 6.65. The van der Waals surface area contributed by atoms with Gasteiger partial charge in [0.15, 0.2) is 0 Å². The summed E-state index contributed by atoms with van der Waals surface area (Å²) in [6.07, 6.45) is 2.19. The van der Waals surface area contributed by atoms with Crippen molar-refractivity contribution in [3.63, 3.8) is 0 Å². The van der Waals surface area contributed by atoms with E-state index in [0.717, 1.165) is 17.3 Å². The monoisotopic (exact) mass is 337 g/mol. The van der Waals surface area contributed by atoms with E-state index >= 15 is 0 Å². The van der Waals surface area contributed by atoms with Crippen molar-refractivity contribution in [3.05, 3.63) is 55.7 Å². The minimum atomic E-state index is 0.386. The van der Waals surface area contributed by atoms with E-state index in [0.29, 0.717) is 6.04 Å². The molecule has 1 nitrogen and oxygen atoms in total. The Morgan fingerprint density at radius 2 is 1.95 bits per heavy atom. The lowest BCUT2D eigenvalue weighted by Gasteiger charge is -2.18. The Bertz CT molecular complexity index is 547. The molecule has 2 aromatic rings. The quantitative estimate of drug-likeness (QED) is 0.819. The third-order valence-corrected chi connectivity index (χ3v) is 5.17. The molecule has 0 saturated carbocycles. The molecule has 1 aromatic heterocycles. The zero-order chi connectivity index (χ0) is 13.8. The number of rotatable bonds is 5. The maximum absolute atomic E-state index is 3.53. The second-order valence-electron chi connectivity index (χ2n) is 4.77. The lowest BCUT2D eigenvalue weighted by atomic mass is 9.98. The Hall–Kier alpha value is -0.640. The molecule has 1 N–H and O–H groups in total. The van der Waals surface area contributed by atoms with Crippen LogP contribution in [0.15, 0.2) is 34.8 Å². The first kappa shape index (κ1) is 14.8. The van der Waals surface area contributed by atoms with E-state index in [9.17, 15) is 0 Å². The van der Waals surface area contributed by atoms with Gasteiger partial charge in [0.25, 0.3) is 0 Å². The average Bonchev–Trinajstić information content (AvgIpc) is 2.84. The second kappa shape index (κ2) is 6.69. The molecule has 1 atom stereocenters. The van der Waals surface area contributed by atoms with E-state index < -0.39 is 0 Å². The molecule has 1 heterocycles. The van der Waals surface area contributed by atoms with Gasteiger partial charge in [-0.1, -0.05) is 28.9 Å². The minimum Gasteiger partial charge on any atom is -0.313 e.